The van der Waals surface area contributed by atoms with E-state index in [0.717, 1.165) is 16.3 Å². The molecule has 82 valence electrons. The van der Waals surface area contributed by atoms with Crippen molar-refractivity contribution in [1.29, 1.82) is 0 Å². The predicted octanol–water partition coefficient (Wildman–Crippen LogP) is 3.06. The van der Waals surface area contributed by atoms with Crippen molar-refractivity contribution >= 4 is 16.6 Å². The molecule has 0 aliphatic rings. The lowest BCUT2D eigenvalue weighted by Crippen LogP contribution is -2.09. The third-order valence-electron chi connectivity index (χ3n) is 2.53. The minimum atomic E-state index is 0.0404. The van der Waals surface area contributed by atoms with Crippen LogP contribution in [0.25, 0.3) is 10.8 Å². The van der Waals surface area contributed by atoms with Crippen LogP contribution < -0.4 is 0 Å². The highest BCUT2D eigenvalue weighted by Crippen LogP contribution is 2.18. The van der Waals surface area contributed by atoms with Gasteiger partial charge in [-0.3, -0.25) is 4.79 Å². The van der Waals surface area contributed by atoms with E-state index in [1.165, 1.54) is 0 Å². The maximum Gasteiger partial charge on any atom is 0.189 e. The van der Waals surface area contributed by atoms with Crippen LogP contribution in [0, 0.1) is 0 Å². The summed E-state index contributed by atoms with van der Waals surface area (Å²) in [5.41, 5.74) is 0.742. The second-order valence-corrected chi connectivity index (χ2v) is 3.59. The third kappa shape index (κ3) is 2.12. The number of fused-ring (bicyclic) bond motifs is 1. The minimum Gasteiger partial charge on any atom is -0.374 e. The second kappa shape index (κ2) is 4.90. The highest BCUT2D eigenvalue weighted by Gasteiger charge is 2.08. The van der Waals surface area contributed by atoms with Gasteiger partial charge in [0.2, 0.25) is 0 Å². The van der Waals surface area contributed by atoms with Gasteiger partial charge in [0.25, 0.3) is 0 Å². The summed E-state index contributed by atoms with van der Waals surface area (Å²) in [5, 5.41) is 2.08. The lowest BCUT2D eigenvalue weighted by molar-refractivity contribution is 0.0785. The topological polar surface area (TPSA) is 26.3 Å². The van der Waals surface area contributed by atoms with E-state index in [-0.39, 0.29) is 12.4 Å². The lowest BCUT2D eigenvalue weighted by Gasteiger charge is -2.05. The summed E-state index contributed by atoms with van der Waals surface area (Å²) in [6.07, 6.45) is 0. The normalized spacial score (nSPS) is 10.6. The van der Waals surface area contributed by atoms with Gasteiger partial charge in [0.05, 0.1) is 0 Å². The quantitative estimate of drug-likeness (QED) is 0.731. The fourth-order valence-corrected chi connectivity index (χ4v) is 1.74. The Morgan fingerprint density at radius 1 is 1.12 bits per heavy atom. The van der Waals surface area contributed by atoms with Crippen LogP contribution in [0.1, 0.15) is 17.3 Å². The summed E-state index contributed by atoms with van der Waals surface area (Å²) < 4.78 is 5.15. The Morgan fingerprint density at radius 3 is 2.69 bits per heavy atom. The molecule has 0 aliphatic carbocycles. The molecule has 2 aromatic rings. The maximum atomic E-state index is 11.9. The smallest absolute Gasteiger partial charge is 0.189 e. The van der Waals surface area contributed by atoms with Crippen molar-refractivity contribution in [2.24, 2.45) is 0 Å². The van der Waals surface area contributed by atoms with Crippen molar-refractivity contribution in [3.05, 3.63) is 48.0 Å². The van der Waals surface area contributed by atoms with Crippen molar-refractivity contribution < 1.29 is 9.53 Å². The fraction of sp³-hybridized carbons (Fsp3) is 0.214. The number of Topliss-reactive ketones (excluding diaryl/α,β-unsaturated/α-hetero) is 1. The van der Waals surface area contributed by atoms with Gasteiger partial charge in [-0.2, -0.15) is 0 Å². The van der Waals surface area contributed by atoms with E-state index in [1.54, 1.807) is 0 Å². The van der Waals surface area contributed by atoms with E-state index in [1.807, 2.05) is 49.4 Å². The average molecular weight is 214 g/mol. The number of hydrogen-bond acceptors (Lipinski definition) is 2. The molecule has 2 heteroatoms. The van der Waals surface area contributed by atoms with Crippen molar-refractivity contribution in [2.45, 2.75) is 6.92 Å². The van der Waals surface area contributed by atoms with E-state index in [2.05, 4.69) is 0 Å². The van der Waals surface area contributed by atoms with Crippen LogP contribution in [0.4, 0.5) is 0 Å². The van der Waals surface area contributed by atoms with Gasteiger partial charge in [0.1, 0.15) is 6.61 Å². The van der Waals surface area contributed by atoms with Gasteiger partial charge in [0, 0.05) is 12.2 Å². The number of carbonyl (C=O) groups is 1. The molecule has 2 rings (SSSR count). The first-order valence-electron chi connectivity index (χ1n) is 5.41. The predicted molar refractivity (Wildman–Crippen MR) is 64.8 cm³/mol. The maximum absolute atomic E-state index is 11.9. The van der Waals surface area contributed by atoms with Gasteiger partial charge in [-0.25, -0.2) is 0 Å². The van der Waals surface area contributed by atoms with Gasteiger partial charge in [-0.1, -0.05) is 42.5 Å². The second-order valence-electron chi connectivity index (χ2n) is 3.59. The lowest BCUT2D eigenvalue weighted by atomic mass is 10.0. The van der Waals surface area contributed by atoms with Crippen LogP contribution in [-0.2, 0) is 4.74 Å². The van der Waals surface area contributed by atoms with E-state index >= 15 is 0 Å². The first-order valence-corrected chi connectivity index (χ1v) is 5.41. The molecule has 0 unspecified atom stereocenters. The molecule has 16 heavy (non-hydrogen) atoms. The molecule has 0 spiro atoms. The molecule has 0 N–H and O–H groups in total. The molecule has 2 aromatic carbocycles. The molecule has 0 bridgehead atoms. The monoisotopic (exact) mass is 214 g/mol. The first-order chi connectivity index (χ1) is 7.83. The highest BCUT2D eigenvalue weighted by molar-refractivity contribution is 6.08. The highest BCUT2D eigenvalue weighted by atomic mass is 16.5. The Labute approximate surface area is 94.8 Å². The number of ether oxygens (including phenoxy) is 1. The first kappa shape index (κ1) is 10.8. The molecule has 0 aromatic heterocycles. The summed E-state index contributed by atoms with van der Waals surface area (Å²) in [7, 11) is 0. The van der Waals surface area contributed by atoms with Gasteiger partial charge < -0.3 is 4.74 Å². The van der Waals surface area contributed by atoms with Gasteiger partial charge in [-0.15, -0.1) is 0 Å². The molecule has 0 fully saturated rings. The molecule has 0 saturated carbocycles. The Balaban J connectivity index is 2.40. The summed E-state index contributed by atoms with van der Waals surface area (Å²) in [6, 6.07) is 13.7. The zero-order chi connectivity index (χ0) is 11.4. The van der Waals surface area contributed by atoms with Gasteiger partial charge in [0.15, 0.2) is 5.78 Å². The number of benzene rings is 2. The SMILES string of the molecule is CCOCC(=O)c1cccc2ccccc12. The Bertz CT molecular complexity index is 498. The van der Waals surface area contributed by atoms with E-state index in [0.29, 0.717) is 6.61 Å². The fourth-order valence-electron chi connectivity index (χ4n) is 1.74. The van der Waals surface area contributed by atoms with Crippen LogP contribution >= 0.6 is 0 Å². The van der Waals surface area contributed by atoms with Crippen LogP contribution in [0.15, 0.2) is 42.5 Å². The molecule has 0 heterocycles. The van der Waals surface area contributed by atoms with E-state index in [9.17, 15) is 4.79 Å². The van der Waals surface area contributed by atoms with Crippen molar-refractivity contribution in [2.75, 3.05) is 13.2 Å². The number of rotatable bonds is 4. The third-order valence-corrected chi connectivity index (χ3v) is 2.53. The van der Waals surface area contributed by atoms with Crippen molar-refractivity contribution in [1.82, 2.24) is 0 Å². The molecule has 0 saturated heterocycles. The molecule has 0 aliphatic heterocycles. The zero-order valence-electron chi connectivity index (χ0n) is 9.27. The van der Waals surface area contributed by atoms with Gasteiger partial charge >= 0.3 is 0 Å². The van der Waals surface area contributed by atoms with Crippen LogP contribution in [-0.4, -0.2) is 19.0 Å². The molecule has 0 amide bonds. The minimum absolute atomic E-state index is 0.0404. The standard InChI is InChI=1S/C14H14O2/c1-2-16-10-14(15)13-9-5-7-11-6-3-4-8-12(11)13/h3-9H,2,10H2,1H3. The Kier molecular flexibility index (Phi) is 3.32. The molecule has 0 atom stereocenters. The van der Waals surface area contributed by atoms with Crippen LogP contribution in [0.2, 0.25) is 0 Å². The zero-order valence-corrected chi connectivity index (χ0v) is 9.27. The molecular formula is C14H14O2. The number of ketones is 1. The number of hydrogen-bond donors (Lipinski definition) is 0. The summed E-state index contributed by atoms with van der Waals surface area (Å²) >= 11 is 0. The van der Waals surface area contributed by atoms with E-state index < -0.39 is 0 Å². The van der Waals surface area contributed by atoms with Crippen molar-refractivity contribution in [3.63, 3.8) is 0 Å². The van der Waals surface area contributed by atoms with Crippen LogP contribution in [0.5, 0.6) is 0 Å². The Morgan fingerprint density at radius 2 is 1.88 bits per heavy atom. The Hall–Kier alpha value is -1.67. The van der Waals surface area contributed by atoms with Crippen LogP contribution in [0.3, 0.4) is 0 Å². The molecule has 2 nitrogen and oxygen atoms in total. The molecule has 0 radical (unpaired) electrons. The van der Waals surface area contributed by atoms with Gasteiger partial charge in [-0.05, 0) is 17.7 Å². The summed E-state index contributed by atoms with van der Waals surface area (Å²) in [6.45, 7) is 2.61. The summed E-state index contributed by atoms with van der Waals surface area (Å²) in [4.78, 5) is 11.9. The number of carbonyl (C=O) groups excluding carboxylic acids is 1. The largest absolute Gasteiger partial charge is 0.374 e. The van der Waals surface area contributed by atoms with Crippen molar-refractivity contribution in [3.8, 4) is 0 Å². The summed E-state index contributed by atoms with van der Waals surface area (Å²) in [5.74, 6) is 0.0404. The van der Waals surface area contributed by atoms with E-state index in [4.69, 9.17) is 4.74 Å². The average Bonchev–Trinajstić information content (AvgIpc) is 2.35. The molecular weight excluding hydrogens is 200 g/mol.